The number of hydrogen-bond acceptors (Lipinski definition) is 3. The summed E-state index contributed by atoms with van der Waals surface area (Å²) in [6.07, 6.45) is 0.928. The Kier molecular flexibility index (Phi) is 2.80. The minimum atomic E-state index is -0.183. The number of rotatable bonds is 3. The summed E-state index contributed by atoms with van der Waals surface area (Å²) in [6, 6.07) is 2.12. The van der Waals surface area contributed by atoms with E-state index in [0.717, 1.165) is 19.5 Å². The van der Waals surface area contributed by atoms with E-state index in [9.17, 15) is 4.79 Å². The van der Waals surface area contributed by atoms with Crippen molar-refractivity contribution >= 4 is 17.2 Å². The van der Waals surface area contributed by atoms with Gasteiger partial charge in [0.25, 0.3) is 0 Å². The molecule has 82 valence electrons. The predicted octanol–water partition coefficient (Wildman–Crippen LogP) is 1.00. The number of amides is 1. The van der Waals surface area contributed by atoms with Gasteiger partial charge in [-0.2, -0.15) is 11.3 Å². The van der Waals surface area contributed by atoms with Crippen LogP contribution in [0.3, 0.4) is 0 Å². The number of nitrogens with one attached hydrogen (secondary N) is 1. The molecule has 15 heavy (non-hydrogen) atoms. The van der Waals surface area contributed by atoms with Crippen LogP contribution in [0, 0.1) is 11.3 Å². The van der Waals surface area contributed by atoms with Crippen molar-refractivity contribution in [2.45, 2.75) is 13.3 Å². The summed E-state index contributed by atoms with van der Waals surface area (Å²) < 4.78 is 0. The summed E-state index contributed by atoms with van der Waals surface area (Å²) >= 11 is 1.69. The van der Waals surface area contributed by atoms with Crippen molar-refractivity contribution in [3.63, 3.8) is 0 Å². The zero-order chi connectivity index (χ0) is 10.9. The lowest BCUT2D eigenvalue weighted by atomic mass is 9.75. The summed E-state index contributed by atoms with van der Waals surface area (Å²) in [7, 11) is 0. The molecule has 2 atom stereocenters. The summed E-state index contributed by atoms with van der Waals surface area (Å²) in [5, 5.41) is 7.47. The molecule has 0 spiro atoms. The summed E-state index contributed by atoms with van der Waals surface area (Å²) in [5.74, 6) is -0.227. The lowest BCUT2D eigenvalue weighted by Crippen LogP contribution is -2.37. The Balaban J connectivity index is 2.14. The van der Waals surface area contributed by atoms with Gasteiger partial charge in [-0.3, -0.25) is 4.79 Å². The minimum Gasteiger partial charge on any atom is -0.369 e. The van der Waals surface area contributed by atoms with Gasteiger partial charge in [0.05, 0.1) is 5.92 Å². The molecule has 0 aliphatic carbocycles. The molecule has 1 aliphatic heterocycles. The maximum absolute atomic E-state index is 11.3. The summed E-state index contributed by atoms with van der Waals surface area (Å²) in [4.78, 5) is 11.3. The number of primary amides is 1. The molecule has 2 rings (SSSR count). The van der Waals surface area contributed by atoms with Crippen LogP contribution < -0.4 is 11.1 Å². The molecular weight excluding hydrogens is 208 g/mol. The SMILES string of the molecule is CC1(Cc2ccsc2)CNCC1C(N)=O. The monoisotopic (exact) mass is 224 g/mol. The highest BCUT2D eigenvalue weighted by Gasteiger charge is 2.42. The third kappa shape index (κ3) is 2.06. The van der Waals surface area contributed by atoms with E-state index in [1.54, 1.807) is 11.3 Å². The molecule has 2 heterocycles. The Morgan fingerprint density at radius 1 is 1.80 bits per heavy atom. The van der Waals surface area contributed by atoms with Gasteiger partial charge >= 0.3 is 0 Å². The highest BCUT2D eigenvalue weighted by atomic mass is 32.1. The van der Waals surface area contributed by atoms with E-state index >= 15 is 0 Å². The number of thiophene rings is 1. The average molecular weight is 224 g/mol. The molecular formula is C11H16N2OS. The van der Waals surface area contributed by atoms with E-state index < -0.39 is 0 Å². The topological polar surface area (TPSA) is 55.1 Å². The normalized spacial score (nSPS) is 30.6. The van der Waals surface area contributed by atoms with Gasteiger partial charge in [0.15, 0.2) is 0 Å². The Morgan fingerprint density at radius 3 is 3.20 bits per heavy atom. The zero-order valence-electron chi connectivity index (χ0n) is 8.82. The maximum Gasteiger partial charge on any atom is 0.222 e. The molecule has 0 bridgehead atoms. The summed E-state index contributed by atoms with van der Waals surface area (Å²) in [5.41, 5.74) is 6.71. The van der Waals surface area contributed by atoms with Gasteiger partial charge in [0, 0.05) is 13.1 Å². The third-order valence-electron chi connectivity index (χ3n) is 3.25. The number of carbonyl (C=O) groups is 1. The van der Waals surface area contributed by atoms with Gasteiger partial charge in [-0.05, 0) is 34.2 Å². The second-order valence-electron chi connectivity index (χ2n) is 4.55. The van der Waals surface area contributed by atoms with Crippen LogP contribution in [0.5, 0.6) is 0 Å². The Bertz CT molecular complexity index is 349. The van der Waals surface area contributed by atoms with E-state index in [-0.39, 0.29) is 17.2 Å². The molecule has 1 aromatic heterocycles. The van der Waals surface area contributed by atoms with Crippen molar-refractivity contribution in [1.82, 2.24) is 5.32 Å². The minimum absolute atomic E-state index is 0.0209. The molecule has 4 heteroatoms. The standard InChI is InChI=1S/C11H16N2OS/c1-11(4-8-2-3-15-6-8)7-13-5-9(11)10(12)14/h2-3,6,9,13H,4-5,7H2,1H3,(H2,12,14). The van der Waals surface area contributed by atoms with Crippen molar-refractivity contribution in [2.75, 3.05) is 13.1 Å². The Hall–Kier alpha value is -0.870. The van der Waals surface area contributed by atoms with E-state index in [1.807, 2.05) is 0 Å². The lowest BCUT2D eigenvalue weighted by molar-refractivity contribution is -0.123. The van der Waals surface area contributed by atoms with Crippen LogP contribution in [0.2, 0.25) is 0 Å². The quantitative estimate of drug-likeness (QED) is 0.805. The fraction of sp³-hybridized carbons (Fsp3) is 0.545. The van der Waals surface area contributed by atoms with Crippen molar-refractivity contribution in [1.29, 1.82) is 0 Å². The molecule has 1 fully saturated rings. The largest absolute Gasteiger partial charge is 0.369 e. The number of carbonyl (C=O) groups excluding carboxylic acids is 1. The van der Waals surface area contributed by atoms with Crippen LogP contribution in [-0.4, -0.2) is 19.0 Å². The molecule has 1 aliphatic rings. The molecule has 0 radical (unpaired) electrons. The van der Waals surface area contributed by atoms with Gasteiger partial charge in [0.2, 0.25) is 5.91 Å². The van der Waals surface area contributed by atoms with Crippen molar-refractivity contribution in [2.24, 2.45) is 17.1 Å². The molecule has 1 aromatic rings. The van der Waals surface area contributed by atoms with Crippen LogP contribution in [-0.2, 0) is 11.2 Å². The van der Waals surface area contributed by atoms with Crippen LogP contribution in [0.4, 0.5) is 0 Å². The van der Waals surface area contributed by atoms with Crippen LogP contribution >= 0.6 is 11.3 Å². The second-order valence-corrected chi connectivity index (χ2v) is 5.33. The highest BCUT2D eigenvalue weighted by Crippen LogP contribution is 2.34. The highest BCUT2D eigenvalue weighted by molar-refractivity contribution is 7.07. The predicted molar refractivity (Wildman–Crippen MR) is 61.7 cm³/mol. The summed E-state index contributed by atoms with van der Waals surface area (Å²) in [6.45, 7) is 3.73. The van der Waals surface area contributed by atoms with Crippen LogP contribution in [0.1, 0.15) is 12.5 Å². The first-order valence-electron chi connectivity index (χ1n) is 5.13. The van der Waals surface area contributed by atoms with E-state index in [1.165, 1.54) is 5.56 Å². The molecule has 0 saturated carbocycles. The van der Waals surface area contributed by atoms with E-state index in [4.69, 9.17) is 5.73 Å². The first-order chi connectivity index (χ1) is 7.12. The Morgan fingerprint density at radius 2 is 2.60 bits per heavy atom. The second kappa shape index (κ2) is 3.94. The maximum atomic E-state index is 11.3. The fourth-order valence-corrected chi connectivity index (χ4v) is 3.03. The molecule has 1 amide bonds. The van der Waals surface area contributed by atoms with Crippen molar-refractivity contribution < 1.29 is 4.79 Å². The average Bonchev–Trinajstić information content (AvgIpc) is 2.75. The van der Waals surface area contributed by atoms with Crippen molar-refractivity contribution in [3.05, 3.63) is 22.4 Å². The molecule has 0 aromatic carbocycles. The lowest BCUT2D eigenvalue weighted by Gasteiger charge is -2.28. The molecule has 3 N–H and O–H groups in total. The first kappa shape index (κ1) is 10.6. The van der Waals surface area contributed by atoms with Crippen LogP contribution in [0.25, 0.3) is 0 Å². The molecule has 3 nitrogen and oxygen atoms in total. The van der Waals surface area contributed by atoms with E-state index in [0.29, 0.717) is 0 Å². The fourth-order valence-electron chi connectivity index (χ4n) is 2.36. The molecule has 2 unspecified atom stereocenters. The number of nitrogens with two attached hydrogens (primary N) is 1. The van der Waals surface area contributed by atoms with Gasteiger partial charge in [-0.25, -0.2) is 0 Å². The molecule has 1 saturated heterocycles. The Labute approximate surface area is 93.7 Å². The third-order valence-corrected chi connectivity index (χ3v) is 3.98. The van der Waals surface area contributed by atoms with Gasteiger partial charge in [-0.1, -0.05) is 6.92 Å². The smallest absolute Gasteiger partial charge is 0.222 e. The van der Waals surface area contributed by atoms with E-state index in [2.05, 4.69) is 29.1 Å². The van der Waals surface area contributed by atoms with Crippen molar-refractivity contribution in [3.8, 4) is 0 Å². The first-order valence-corrected chi connectivity index (χ1v) is 6.07. The van der Waals surface area contributed by atoms with Gasteiger partial charge < -0.3 is 11.1 Å². The van der Waals surface area contributed by atoms with Gasteiger partial charge in [0.1, 0.15) is 0 Å². The van der Waals surface area contributed by atoms with Crippen LogP contribution in [0.15, 0.2) is 16.8 Å². The van der Waals surface area contributed by atoms with Gasteiger partial charge in [-0.15, -0.1) is 0 Å². The number of hydrogen-bond donors (Lipinski definition) is 2. The zero-order valence-corrected chi connectivity index (χ0v) is 9.64.